The number of hydrogen-bond donors (Lipinski definition) is 2. The summed E-state index contributed by atoms with van der Waals surface area (Å²) in [7, 11) is 0. The number of rotatable bonds is 8. The normalized spacial score (nSPS) is 10.8. The first-order valence-electron chi connectivity index (χ1n) is 9.06. The van der Waals surface area contributed by atoms with E-state index in [1.807, 2.05) is 36.4 Å². The Bertz CT molecular complexity index is 1110. The van der Waals surface area contributed by atoms with Crippen molar-refractivity contribution in [3.63, 3.8) is 0 Å². The molecule has 0 saturated carbocycles. The average Bonchev–Trinajstić information content (AvgIpc) is 2.74. The van der Waals surface area contributed by atoms with Crippen LogP contribution in [0.25, 0.3) is 10.8 Å². The summed E-state index contributed by atoms with van der Waals surface area (Å²) in [6.07, 6.45) is 1.10. The van der Waals surface area contributed by atoms with Gasteiger partial charge in [-0.3, -0.25) is 14.9 Å². The molecule has 0 aliphatic rings. The highest BCUT2D eigenvalue weighted by Crippen LogP contribution is 2.33. The summed E-state index contributed by atoms with van der Waals surface area (Å²) >= 11 is 0. The standard InChI is InChI=1S/C21H19N3O6/c1-2-29-19-11-16(24(27)28)10-15(21(19)26)12-22-23-20(25)13-30-18-9-5-7-14-6-3-4-8-17(14)18/h3-12,26H,2,13H2,1H3,(H,23,25). The molecule has 0 saturated heterocycles. The number of hydrogen-bond acceptors (Lipinski definition) is 7. The van der Waals surface area contributed by atoms with Gasteiger partial charge in [-0.25, -0.2) is 5.43 Å². The lowest BCUT2D eigenvalue weighted by atomic mass is 10.1. The molecule has 0 radical (unpaired) electrons. The molecule has 1 amide bonds. The van der Waals surface area contributed by atoms with Crippen molar-refractivity contribution in [1.29, 1.82) is 0 Å². The Hall–Kier alpha value is -4.14. The van der Waals surface area contributed by atoms with Crippen LogP contribution in [0.1, 0.15) is 12.5 Å². The molecule has 30 heavy (non-hydrogen) atoms. The van der Waals surface area contributed by atoms with E-state index in [4.69, 9.17) is 9.47 Å². The second-order valence-electron chi connectivity index (χ2n) is 6.13. The molecule has 3 aromatic carbocycles. The Morgan fingerprint density at radius 1 is 1.17 bits per heavy atom. The fraction of sp³-hybridized carbons (Fsp3) is 0.143. The summed E-state index contributed by atoms with van der Waals surface area (Å²) in [5.74, 6) is -0.328. The summed E-state index contributed by atoms with van der Waals surface area (Å²) in [4.78, 5) is 22.5. The number of nitrogens with zero attached hydrogens (tertiary/aromatic N) is 2. The molecule has 154 valence electrons. The lowest BCUT2D eigenvalue weighted by molar-refractivity contribution is -0.385. The quantitative estimate of drug-likeness (QED) is 0.334. The monoisotopic (exact) mass is 409 g/mol. The SMILES string of the molecule is CCOc1cc([N+](=O)[O-])cc(C=NNC(=O)COc2cccc3ccccc23)c1O. The minimum absolute atomic E-state index is 0.0305. The van der Waals surface area contributed by atoms with E-state index in [1.165, 1.54) is 0 Å². The predicted molar refractivity (Wildman–Crippen MR) is 111 cm³/mol. The number of ether oxygens (including phenoxy) is 2. The van der Waals surface area contributed by atoms with Gasteiger partial charge in [0.1, 0.15) is 5.75 Å². The lowest BCUT2D eigenvalue weighted by Crippen LogP contribution is -2.24. The second kappa shape index (κ2) is 9.37. The molecule has 3 rings (SSSR count). The largest absolute Gasteiger partial charge is 0.504 e. The van der Waals surface area contributed by atoms with E-state index >= 15 is 0 Å². The fourth-order valence-corrected chi connectivity index (χ4v) is 2.75. The van der Waals surface area contributed by atoms with Crippen LogP contribution in [-0.2, 0) is 4.79 Å². The van der Waals surface area contributed by atoms with E-state index in [0.717, 1.165) is 29.1 Å². The third kappa shape index (κ3) is 4.82. The first-order chi connectivity index (χ1) is 14.5. The smallest absolute Gasteiger partial charge is 0.277 e. The number of non-ortho nitro benzene ring substituents is 1. The zero-order chi connectivity index (χ0) is 21.5. The van der Waals surface area contributed by atoms with Crippen LogP contribution in [0.5, 0.6) is 17.2 Å². The number of nitro groups is 1. The van der Waals surface area contributed by atoms with Crippen LogP contribution >= 0.6 is 0 Å². The predicted octanol–water partition coefficient (Wildman–Crippen LogP) is 3.38. The molecule has 0 atom stereocenters. The maximum absolute atomic E-state index is 12.0. The van der Waals surface area contributed by atoms with E-state index in [1.54, 1.807) is 13.0 Å². The highest BCUT2D eigenvalue weighted by molar-refractivity contribution is 5.89. The van der Waals surface area contributed by atoms with Crippen molar-refractivity contribution in [2.75, 3.05) is 13.2 Å². The van der Waals surface area contributed by atoms with E-state index < -0.39 is 10.8 Å². The minimum atomic E-state index is -0.615. The van der Waals surface area contributed by atoms with Gasteiger partial charge < -0.3 is 14.6 Å². The van der Waals surface area contributed by atoms with E-state index in [-0.39, 0.29) is 36.0 Å². The number of amides is 1. The Balaban J connectivity index is 1.66. The molecule has 0 heterocycles. The lowest BCUT2D eigenvalue weighted by Gasteiger charge is -2.09. The van der Waals surface area contributed by atoms with E-state index in [9.17, 15) is 20.0 Å². The van der Waals surface area contributed by atoms with Crippen LogP contribution in [0.4, 0.5) is 5.69 Å². The molecular weight excluding hydrogens is 390 g/mol. The number of aromatic hydroxyl groups is 1. The van der Waals surface area contributed by atoms with Gasteiger partial charge in [-0.15, -0.1) is 0 Å². The zero-order valence-corrected chi connectivity index (χ0v) is 16.1. The summed E-state index contributed by atoms with van der Waals surface area (Å²) in [6, 6.07) is 15.4. The van der Waals surface area contributed by atoms with Gasteiger partial charge >= 0.3 is 0 Å². The van der Waals surface area contributed by atoms with Crippen molar-refractivity contribution in [3.05, 3.63) is 70.3 Å². The van der Waals surface area contributed by atoms with Crippen molar-refractivity contribution in [3.8, 4) is 17.2 Å². The Labute approximate surface area is 171 Å². The van der Waals surface area contributed by atoms with Gasteiger partial charge in [-0.2, -0.15) is 5.10 Å². The Morgan fingerprint density at radius 3 is 2.70 bits per heavy atom. The first kappa shape index (κ1) is 20.6. The molecule has 0 unspecified atom stereocenters. The van der Waals surface area contributed by atoms with E-state index in [0.29, 0.717) is 5.75 Å². The maximum Gasteiger partial charge on any atom is 0.277 e. The number of phenols is 1. The average molecular weight is 409 g/mol. The summed E-state index contributed by atoms with van der Waals surface area (Å²) in [6.45, 7) is 1.62. The van der Waals surface area contributed by atoms with Gasteiger partial charge in [0, 0.05) is 17.0 Å². The number of hydrazone groups is 1. The molecule has 0 fully saturated rings. The number of phenolic OH excluding ortho intramolecular Hbond substituents is 1. The molecule has 2 N–H and O–H groups in total. The summed E-state index contributed by atoms with van der Waals surface area (Å²) in [5, 5.41) is 26.8. The second-order valence-corrected chi connectivity index (χ2v) is 6.13. The summed E-state index contributed by atoms with van der Waals surface area (Å²) in [5.41, 5.74) is 2.02. The minimum Gasteiger partial charge on any atom is -0.504 e. The van der Waals surface area contributed by atoms with Crippen molar-refractivity contribution in [2.24, 2.45) is 5.10 Å². The highest BCUT2D eigenvalue weighted by atomic mass is 16.6. The van der Waals surface area contributed by atoms with Crippen LogP contribution in [-0.4, -0.2) is 35.4 Å². The number of carbonyl (C=O) groups excluding carboxylic acids is 1. The van der Waals surface area contributed by atoms with Gasteiger partial charge in [0.2, 0.25) is 0 Å². The van der Waals surface area contributed by atoms with Crippen molar-refractivity contribution < 1.29 is 24.3 Å². The van der Waals surface area contributed by atoms with Gasteiger partial charge in [-0.05, 0) is 18.4 Å². The third-order valence-corrected chi connectivity index (χ3v) is 4.10. The van der Waals surface area contributed by atoms with Gasteiger partial charge in [0.05, 0.1) is 23.8 Å². The van der Waals surface area contributed by atoms with Crippen molar-refractivity contribution in [1.82, 2.24) is 5.43 Å². The van der Waals surface area contributed by atoms with Crippen LogP contribution < -0.4 is 14.9 Å². The van der Waals surface area contributed by atoms with E-state index in [2.05, 4.69) is 10.5 Å². The molecule has 9 nitrogen and oxygen atoms in total. The first-order valence-corrected chi connectivity index (χ1v) is 9.06. The zero-order valence-electron chi connectivity index (χ0n) is 16.1. The number of fused-ring (bicyclic) bond motifs is 1. The molecule has 9 heteroatoms. The summed E-state index contributed by atoms with van der Waals surface area (Å²) < 4.78 is 10.8. The highest BCUT2D eigenvalue weighted by Gasteiger charge is 2.16. The molecule has 0 aromatic heterocycles. The van der Waals surface area contributed by atoms with Crippen LogP contribution in [0.15, 0.2) is 59.7 Å². The fourth-order valence-electron chi connectivity index (χ4n) is 2.75. The molecule has 3 aromatic rings. The van der Waals surface area contributed by atoms with Crippen molar-refractivity contribution in [2.45, 2.75) is 6.92 Å². The van der Waals surface area contributed by atoms with Crippen LogP contribution in [0, 0.1) is 10.1 Å². The van der Waals surface area contributed by atoms with Gasteiger partial charge in [0.25, 0.3) is 11.6 Å². The molecule has 0 bridgehead atoms. The van der Waals surface area contributed by atoms with Crippen LogP contribution in [0.3, 0.4) is 0 Å². The molecule has 0 aliphatic heterocycles. The Kier molecular flexibility index (Phi) is 6.43. The van der Waals surface area contributed by atoms with Gasteiger partial charge in [0.15, 0.2) is 18.1 Å². The van der Waals surface area contributed by atoms with Gasteiger partial charge in [-0.1, -0.05) is 36.4 Å². The maximum atomic E-state index is 12.0. The third-order valence-electron chi connectivity index (χ3n) is 4.10. The topological polar surface area (TPSA) is 123 Å². The molecule has 0 aliphatic carbocycles. The molecule has 0 spiro atoms. The molecular formula is C21H19N3O6. The number of nitrogens with one attached hydrogen (secondary N) is 1. The number of carbonyl (C=O) groups is 1. The number of nitro benzene ring substituents is 1. The Morgan fingerprint density at radius 2 is 1.93 bits per heavy atom. The van der Waals surface area contributed by atoms with Crippen molar-refractivity contribution >= 4 is 28.6 Å². The van der Waals surface area contributed by atoms with Crippen LogP contribution in [0.2, 0.25) is 0 Å². The number of benzene rings is 3.